The van der Waals surface area contributed by atoms with Crippen LogP contribution in [0.5, 0.6) is 0 Å². The zero-order chi connectivity index (χ0) is 11.3. The van der Waals surface area contributed by atoms with Crippen molar-refractivity contribution in [3.63, 3.8) is 0 Å². The summed E-state index contributed by atoms with van der Waals surface area (Å²) in [6.45, 7) is 2.13. The fourth-order valence-corrected chi connectivity index (χ4v) is 0.985. The molecule has 0 radical (unpaired) electrons. The Hall–Kier alpha value is -1.87. The van der Waals surface area contributed by atoms with Gasteiger partial charge in [-0.05, 0) is 6.92 Å². The van der Waals surface area contributed by atoms with E-state index < -0.39 is 0 Å². The fourth-order valence-electron chi connectivity index (χ4n) is 0.985. The van der Waals surface area contributed by atoms with E-state index in [9.17, 15) is 4.79 Å². The van der Waals surface area contributed by atoms with Gasteiger partial charge in [-0.25, -0.2) is 4.68 Å². The van der Waals surface area contributed by atoms with Gasteiger partial charge in [-0.2, -0.15) is 0 Å². The van der Waals surface area contributed by atoms with Gasteiger partial charge in [-0.15, -0.1) is 11.5 Å². The molecule has 0 saturated heterocycles. The highest BCUT2D eigenvalue weighted by Gasteiger charge is 2.06. The fraction of sp³-hybridized carbons (Fsp3) is 0.444. The van der Waals surface area contributed by atoms with Crippen molar-refractivity contribution in [1.82, 2.24) is 20.3 Å². The van der Waals surface area contributed by atoms with Gasteiger partial charge in [0.2, 0.25) is 5.91 Å². The third kappa shape index (κ3) is 3.40. The number of aromatic nitrogens is 3. The topological polar surface area (TPSA) is 85.8 Å². The number of amides is 1. The number of carbonyl (C=O) groups excluding carboxylic acids is 1. The van der Waals surface area contributed by atoms with Crippen LogP contribution in [0.3, 0.4) is 0 Å². The minimum absolute atomic E-state index is 0.0962. The average Bonchev–Trinajstić information content (AvgIpc) is 2.65. The molecule has 15 heavy (non-hydrogen) atoms. The highest BCUT2D eigenvalue weighted by molar-refractivity contribution is 5.76. The predicted octanol–water partition coefficient (Wildman–Crippen LogP) is -1.13. The van der Waals surface area contributed by atoms with E-state index in [2.05, 4.69) is 21.5 Å². The molecule has 1 unspecified atom stereocenters. The lowest BCUT2D eigenvalue weighted by molar-refractivity contribution is -0.122. The average molecular weight is 207 g/mol. The van der Waals surface area contributed by atoms with E-state index >= 15 is 0 Å². The molecule has 1 aromatic heterocycles. The molecule has 0 saturated carbocycles. The van der Waals surface area contributed by atoms with Gasteiger partial charge in [-0.3, -0.25) is 4.79 Å². The maximum atomic E-state index is 11.4. The SMILES string of the molecule is C#CC(C)NC(=O)Cn1cc(CN)nn1. The van der Waals surface area contributed by atoms with Crippen LogP contribution in [-0.4, -0.2) is 26.9 Å². The van der Waals surface area contributed by atoms with Crippen LogP contribution in [0.2, 0.25) is 0 Å². The number of nitrogens with one attached hydrogen (secondary N) is 1. The zero-order valence-corrected chi connectivity index (χ0v) is 8.47. The quantitative estimate of drug-likeness (QED) is 0.612. The van der Waals surface area contributed by atoms with Gasteiger partial charge in [0.15, 0.2) is 0 Å². The molecule has 3 N–H and O–H groups in total. The van der Waals surface area contributed by atoms with Crippen LogP contribution in [0.4, 0.5) is 0 Å². The van der Waals surface area contributed by atoms with Crippen LogP contribution in [0, 0.1) is 12.3 Å². The van der Waals surface area contributed by atoms with Crippen molar-refractivity contribution in [2.24, 2.45) is 5.73 Å². The summed E-state index contributed by atoms with van der Waals surface area (Å²) in [5, 5.41) is 10.1. The van der Waals surface area contributed by atoms with Gasteiger partial charge >= 0.3 is 0 Å². The van der Waals surface area contributed by atoms with E-state index in [-0.39, 0.29) is 18.5 Å². The smallest absolute Gasteiger partial charge is 0.242 e. The first-order chi connectivity index (χ1) is 7.15. The Morgan fingerprint density at radius 2 is 2.60 bits per heavy atom. The molecular formula is C9H13N5O. The van der Waals surface area contributed by atoms with Crippen LogP contribution < -0.4 is 11.1 Å². The van der Waals surface area contributed by atoms with E-state index in [0.29, 0.717) is 12.2 Å². The van der Waals surface area contributed by atoms with Crippen LogP contribution >= 0.6 is 0 Å². The summed E-state index contributed by atoms with van der Waals surface area (Å²) in [5.41, 5.74) is 6.00. The minimum atomic E-state index is -0.282. The van der Waals surface area contributed by atoms with Crippen molar-refractivity contribution in [2.75, 3.05) is 0 Å². The molecule has 80 valence electrons. The van der Waals surface area contributed by atoms with E-state index in [1.54, 1.807) is 13.1 Å². The number of nitrogens with zero attached hydrogens (tertiary/aromatic N) is 3. The molecule has 6 heteroatoms. The third-order valence-corrected chi connectivity index (χ3v) is 1.73. The molecule has 0 spiro atoms. The number of hydrogen-bond acceptors (Lipinski definition) is 4. The standard InChI is InChI=1S/C9H13N5O/c1-3-7(2)11-9(15)6-14-5-8(4-10)12-13-14/h1,5,7H,4,6,10H2,2H3,(H,11,15). The number of rotatable bonds is 4. The molecule has 0 bridgehead atoms. The van der Waals surface area contributed by atoms with Gasteiger partial charge in [0.05, 0.1) is 17.9 Å². The molecular weight excluding hydrogens is 194 g/mol. The first kappa shape index (κ1) is 11.2. The largest absolute Gasteiger partial charge is 0.341 e. The number of hydrogen-bond donors (Lipinski definition) is 2. The Morgan fingerprint density at radius 3 is 3.13 bits per heavy atom. The van der Waals surface area contributed by atoms with Crippen molar-refractivity contribution in [3.05, 3.63) is 11.9 Å². The monoisotopic (exact) mass is 207 g/mol. The van der Waals surface area contributed by atoms with Crippen molar-refractivity contribution >= 4 is 5.91 Å². The molecule has 1 rings (SSSR count). The molecule has 1 aromatic rings. The maximum Gasteiger partial charge on any atom is 0.242 e. The highest BCUT2D eigenvalue weighted by atomic mass is 16.2. The molecule has 1 amide bonds. The minimum Gasteiger partial charge on any atom is -0.341 e. The Bertz CT molecular complexity index is 378. The van der Waals surface area contributed by atoms with Gasteiger partial charge in [0.1, 0.15) is 6.54 Å². The highest BCUT2D eigenvalue weighted by Crippen LogP contribution is 1.91. The Morgan fingerprint density at radius 1 is 1.87 bits per heavy atom. The number of terminal acetylenes is 1. The lowest BCUT2D eigenvalue weighted by Crippen LogP contribution is -2.34. The van der Waals surface area contributed by atoms with Crippen LogP contribution in [0.15, 0.2) is 6.20 Å². The zero-order valence-electron chi connectivity index (χ0n) is 8.47. The second-order valence-electron chi connectivity index (χ2n) is 3.07. The summed E-state index contributed by atoms with van der Waals surface area (Å²) in [4.78, 5) is 11.4. The number of carbonyl (C=O) groups is 1. The summed E-state index contributed by atoms with van der Waals surface area (Å²) in [6.07, 6.45) is 6.75. The lowest BCUT2D eigenvalue weighted by Gasteiger charge is -2.06. The van der Waals surface area contributed by atoms with Crippen molar-refractivity contribution in [2.45, 2.75) is 26.1 Å². The summed E-state index contributed by atoms with van der Waals surface area (Å²) in [5.74, 6) is 2.20. The normalized spacial score (nSPS) is 11.8. The van der Waals surface area contributed by atoms with Gasteiger partial charge < -0.3 is 11.1 Å². The Labute approximate surface area is 87.8 Å². The summed E-state index contributed by atoms with van der Waals surface area (Å²) < 4.78 is 1.42. The van der Waals surface area contributed by atoms with Crippen LogP contribution in [-0.2, 0) is 17.9 Å². The van der Waals surface area contributed by atoms with Gasteiger partial charge in [-0.1, -0.05) is 11.1 Å². The molecule has 0 aromatic carbocycles. The third-order valence-electron chi connectivity index (χ3n) is 1.73. The predicted molar refractivity (Wildman–Crippen MR) is 54.4 cm³/mol. The van der Waals surface area contributed by atoms with Crippen LogP contribution in [0.25, 0.3) is 0 Å². The summed E-state index contributed by atoms with van der Waals surface area (Å²) in [6, 6.07) is -0.282. The van der Waals surface area contributed by atoms with Gasteiger partial charge in [0.25, 0.3) is 0 Å². The molecule has 6 nitrogen and oxygen atoms in total. The van der Waals surface area contributed by atoms with E-state index in [1.807, 2.05) is 0 Å². The first-order valence-electron chi connectivity index (χ1n) is 4.50. The Kier molecular flexibility index (Phi) is 3.83. The van der Waals surface area contributed by atoms with E-state index in [0.717, 1.165) is 0 Å². The maximum absolute atomic E-state index is 11.4. The van der Waals surface area contributed by atoms with Crippen LogP contribution in [0.1, 0.15) is 12.6 Å². The first-order valence-corrected chi connectivity index (χ1v) is 4.50. The van der Waals surface area contributed by atoms with Crippen molar-refractivity contribution in [3.8, 4) is 12.3 Å². The van der Waals surface area contributed by atoms with Crippen molar-refractivity contribution < 1.29 is 4.79 Å². The second kappa shape index (κ2) is 5.12. The van der Waals surface area contributed by atoms with E-state index in [4.69, 9.17) is 12.2 Å². The molecule has 0 aliphatic rings. The Balaban J connectivity index is 2.48. The lowest BCUT2D eigenvalue weighted by atomic mass is 10.3. The van der Waals surface area contributed by atoms with Crippen molar-refractivity contribution in [1.29, 1.82) is 0 Å². The summed E-state index contributed by atoms with van der Waals surface area (Å²) >= 11 is 0. The molecule has 0 fully saturated rings. The molecule has 1 heterocycles. The molecule has 0 aliphatic carbocycles. The van der Waals surface area contributed by atoms with E-state index in [1.165, 1.54) is 4.68 Å². The molecule has 1 atom stereocenters. The molecule has 0 aliphatic heterocycles. The number of nitrogens with two attached hydrogens (primary N) is 1. The van der Waals surface area contributed by atoms with Gasteiger partial charge in [0, 0.05) is 6.54 Å². The second-order valence-corrected chi connectivity index (χ2v) is 3.07. The summed E-state index contributed by atoms with van der Waals surface area (Å²) in [7, 11) is 0.